The maximum absolute atomic E-state index is 13.0. The quantitative estimate of drug-likeness (QED) is 0.813. The van der Waals surface area contributed by atoms with Gasteiger partial charge in [0.2, 0.25) is 0 Å². The van der Waals surface area contributed by atoms with Crippen LogP contribution in [0, 0.1) is 5.82 Å². The molecule has 1 heterocycles. The SMILES string of the molecule is CNc1cc(C(=O)O)cc2cc(F)cnc12. The number of halogens is 1. The van der Waals surface area contributed by atoms with Gasteiger partial charge in [-0.15, -0.1) is 0 Å². The number of nitrogens with zero attached hydrogens (tertiary/aromatic N) is 1. The van der Waals surface area contributed by atoms with Gasteiger partial charge in [0.1, 0.15) is 5.82 Å². The Hall–Kier alpha value is -2.17. The van der Waals surface area contributed by atoms with Gasteiger partial charge in [-0.2, -0.15) is 0 Å². The van der Waals surface area contributed by atoms with E-state index in [2.05, 4.69) is 10.3 Å². The van der Waals surface area contributed by atoms with Gasteiger partial charge < -0.3 is 10.4 Å². The summed E-state index contributed by atoms with van der Waals surface area (Å²) in [5.74, 6) is -1.54. The Balaban J connectivity index is 2.78. The van der Waals surface area contributed by atoms with Gasteiger partial charge in [-0.3, -0.25) is 4.98 Å². The number of fused-ring (bicyclic) bond motifs is 1. The number of benzene rings is 1. The number of carboxylic acids is 1. The van der Waals surface area contributed by atoms with Crippen LogP contribution in [0.25, 0.3) is 10.9 Å². The molecule has 0 aliphatic carbocycles. The Morgan fingerprint density at radius 2 is 2.19 bits per heavy atom. The molecule has 4 nitrogen and oxygen atoms in total. The molecule has 0 saturated carbocycles. The maximum Gasteiger partial charge on any atom is 0.335 e. The maximum atomic E-state index is 13.0. The molecule has 2 N–H and O–H groups in total. The minimum atomic E-state index is -1.05. The summed E-state index contributed by atoms with van der Waals surface area (Å²) in [4.78, 5) is 14.8. The normalized spacial score (nSPS) is 10.4. The topological polar surface area (TPSA) is 62.2 Å². The van der Waals surface area contributed by atoms with Crippen molar-refractivity contribution in [2.45, 2.75) is 0 Å². The number of aromatic nitrogens is 1. The summed E-state index contributed by atoms with van der Waals surface area (Å²) < 4.78 is 13.0. The fourth-order valence-corrected chi connectivity index (χ4v) is 1.54. The fraction of sp³-hybridized carbons (Fsp3) is 0.0909. The van der Waals surface area contributed by atoms with E-state index < -0.39 is 11.8 Å². The van der Waals surface area contributed by atoms with Crippen molar-refractivity contribution < 1.29 is 14.3 Å². The van der Waals surface area contributed by atoms with Gasteiger partial charge in [0, 0.05) is 12.4 Å². The minimum Gasteiger partial charge on any atom is -0.478 e. The standard InChI is InChI=1S/C11H9FN2O2/c1-13-9-4-7(11(15)16)2-6-3-8(12)5-14-10(6)9/h2-5,13H,1H3,(H,15,16). The zero-order valence-corrected chi connectivity index (χ0v) is 8.49. The molecule has 2 rings (SSSR count). The molecule has 1 aromatic carbocycles. The molecule has 0 bridgehead atoms. The van der Waals surface area contributed by atoms with Crippen LogP contribution in [0.1, 0.15) is 10.4 Å². The number of aromatic carboxylic acids is 1. The Labute approximate surface area is 90.7 Å². The Morgan fingerprint density at radius 1 is 1.44 bits per heavy atom. The molecule has 1 aromatic heterocycles. The number of carboxylic acid groups (broad SMARTS) is 1. The third kappa shape index (κ3) is 1.67. The molecular weight excluding hydrogens is 211 g/mol. The first-order valence-corrected chi connectivity index (χ1v) is 4.62. The van der Waals surface area contributed by atoms with Gasteiger partial charge in [0.25, 0.3) is 0 Å². The Bertz CT molecular complexity index is 569. The van der Waals surface area contributed by atoms with Crippen LogP contribution in [0.3, 0.4) is 0 Å². The summed E-state index contributed by atoms with van der Waals surface area (Å²) in [6.07, 6.45) is 1.10. The molecule has 0 aliphatic rings. The highest BCUT2D eigenvalue weighted by Gasteiger charge is 2.09. The highest BCUT2D eigenvalue weighted by Crippen LogP contribution is 2.23. The van der Waals surface area contributed by atoms with E-state index >= 15 is 0 Å². The van der Waals surface area contributed by atoms with E-state index in [4.69, 9.17) is 5.11 Å². The zero-order chi connectivity index (χ0) is 11.7. The lowest BCUT2D eigenvalue weighted by atomic mass is 10.1. The predicted molar refractivity (Wildman–Crippen MR) is 58.2 cm³/mol. The van der Waals surface area contributed by atoms with Crippen molar-refractivity contribution in [3.8, 4) is 0 Å². The lowest BCUT2D eigenvalue weighted by molar-refractivity contribution is 0.0697. The first kappa shape index (κ1) is 10.4. The lowest BCUT2D eigenvalue weighted by Gasteiger charge is -2.06. The number of nitrogens with one attached hydrogen (secondary N) is 1. The average molecular weight is 220 g/mol. The Kier molecular flexibility index (Phi) is 2.44. The molecule has 0 saturated heterocycles. The number of hydrogen-bond acceptors (Lipinski definition) is 3. The molecule has 0 fully saturated rings. The molecule has 5 heteroatoms. The van der Waals surface area contributed by atoms with Crippen LogP contribution < -0.4 is 5.32 Å². The summed E-state index contributed by atoms with van der Waals surface area (Å²) in [5, 5.41) is 12.2. The number of carbonyl (C=O) groups is 1. The van der Waals surface area contributed by atoms with E-state index in [0.717, 1.165) is 6.20 Å². The van der Waals surface area contributed by atoms with Crippen LogP contribution in [0.4, 0.5) is 10.1 Å². The molecule has 0 aliphatic heterocycles. The first-order valence-electron chi connectivity index (χ1n) is 4.62. The molecule has 0 spiro atoms. The molecule has 2 aromatic rings. The molecule has 82 valence electrons. The van der Waals surface area contributed by atoms with E-state index in [1.165, 1.54) is 18.2 Å². The number of anilines is 1. The molecule has 0 atom stereocenters. The van der Waals surface area contributed by atoms with E-state index in [1.807, 2.05) is 0 Å². The number of pyridine rings is 1. The highest BCUT2D eigenvalue weighted by atomic mass is 19.1. The molecule has 0 amide bonds. The predicted octanol–water partition coefficient (Wildman–Crippen LogP) is 2.11. The Morgan fingerprint density at radius 3 is 2.81 bits per heavy atom. The summed E-state index contributed by atoms with van der Waals surface area (Å²) in [7, 11) is 1.66. The van der Waals surface area contributed by atoms with Crippen LogP contribution >= 0.6 is 0 Å². The fourth-order valence-electron chi connectivity index (χ4n) is 1.54. The van der Waals surface area contributed by atoms with Gasteiger partial charge in [0.05, 0.1) is 23.0 Å². The monoisotopic (exact) mass is 220 g/mol. The summed E-state index contributed by atoms with van der Waals surface area (Å²) in [6, 6.07) is 4.12. The largest absolute Gasteiger partial charge is 0.478 e. The number of rotatable bonds is 2. The highest BCUT2D eigenvalue weighted by molar-refractivity contribution is 5.99. The van der Waals surface area contributed by atoms with E-state index in [9.17, 15) is 9.18 Å². The number of hydrogen-bond donors (Lipinski definition) is 2. The third-order valence-electron chi connectivity index (χ3n) is 2.27. The van der Waals surface area contributed by atoms with Crippen LogP contribution in [-0.4, -0.2) is 23.1 Å². The third-order valence-corrected chi connectivity index (χ3v) is 2.27. The zero-order valence-electron chi connectivity index (χ0n) is 8.49. The van der Waals surface area contributed by atoms with Gasteiger partial charge in [0.15, 0.2) is 0 Å². The van der Waals surface area contributed by atoms with Gasteiger partial charge in [-0.1, -0.05) is 0 Å². The summed E-state index contributed by atoms with van der Waals surface area (Å²) in [6.45, 7) is 0. The smallest absolute Gasteiger partial charge is 0.335 e. The van der Waals surface area contributed by atoms with Crippen molar-refractivity contribution in [1.29, 1.82) is 0 Å². The molecule has 0 unspecified atom stereocenters. The second-order valence-electron chi connectivity index (χ2n) is 3.30. The van der Waals surface area contributed by atoms with E-state index in [-0.39, 0.29) is 5.56 Å². The van der Waals surface area contributed by atoms with Crippen LogP contribution in [0.2, 0.25) is 0 Å². The van der Waals surface area contributed by atoms with E-state index in [0.29, 0.717) is 16.6 Å². The van der Waals surface area contributed by atoms with Crippen molar-refractivity contribution in [3.05, 3.63) is 35.8 Å². The summed E-state index contributed by atoms with van der Waals surface area (Å²) in [5.41, 5.74) is 1.22. The van der Waals surface area contributed by atoms with Crippen molar-refractivity contribution in [2.24, 2.45) is 0 Å². The van der Waals surface area contributed by atoms with Crippen LogP contribution in [-0.2, 0) is 0 Å². The van der Waals surface area contributed by atoms with Crippen molar-refractivity contribution in [2.75, 3.05) is 12.4 Å². The average Bonchev–Trinajstić information content (AvgIpc) is 2.26. The molecular formula is C11H9FN2O2. The minimum absolute atomic E-state index is 0.101. The first-order chi connectivity index (χ1) is 7.61. The van der Waals surface area contributed by atoms with Crippen molar-refractivity contribution in [3.63, 3.8) is 0 Å². The van der Waals surface area contributed by atoms with E-state index in [1.54, 1.807) is 7.05 Å². The van der Waals surface area contributed by atoms with Crippen LogP contribution in [0.5, 0.6) is 0 Å². The van der Waals surface area contributed by atoms with Crippen molar-refractivity contribution >= 4 is 22.6 Å². The van der Waals surface area contributed by atoms with Crippen LogP contribution in [0.15, 0.2) is 24.4 Å². The second-order valence-corrected chi connectivity index (χ2v) is 3.30. The molecule has 0 radical (unpaired) electrons. The van der Waals surface area contributed by atoms with Gasteiger partial charge >= 0.3 is 5.97 Å². The van der Waals surface area contributed by atoms with Crippen molar-refractivity contribution in [1.82, 2.24) is 4.98 Å². The molecule has 16 heavy (non-hydrogen) atoms. The van der Waals surface area contributed by atoms with Gasteiger partial charge in [-0.25, -0.2) is 9.18 Å². The summed E-state index contributed by atoms with van der Waals surface area (Å²) >= 11 is 0. The second kappa shape index (κ2) is 3.77. The van der Waals surface area contributed by atoms with Gasteiger partial charge in [-0.05, 0) is 18.2 Å². The lowest BCUT2D eigenvalue weighted by Crippen LogP contribution is -2.00.